The number of carbonyl (C=O) groups is 1. The number of hydrogen-bond acceptors (Lipinski definition) is 2. The molecule has 0 unspecified atom stereocenters. The highest BCUT2D eigenvalue weighted by Crippen LogP contribution is 2.13. The topological polar surface area (TPSA) is 41.1 Å². The predicted octanol–water partition coefficient (Wildman–Crippen LogP) is 2.90. The van der Waals surface area contributed by atoms with Crippen LogP contribution in [0.2, 0.25) is 0 Å². The van der Waals surface area contributed by atoms with Crippen molar-refractivity contribution in [2.24, 2.45) is 0 Å². The van der Waals surface area contributed by atoms with Crippen LogP contribution in [0, 0.1) is 0 Å². The standard InChI is InChI=1S/C17H28N2O/c1-16(2,3)18-13-15(20)19-17(4,5)12-11-14-9-7-6-8-10-14/h6-10,18H,11-13H2,1-5H3,(H,19,20). The van der Waals surface area contributed by atoms with E-state index in [1.807, 2.05) is 18.2 Å². The zero-order valence-electron chi connectivity index (χ0n) is 13.4. The molecular formula is C17H28N2O. The molecule has 0 fully saturated rings. The third-order valence-electron chi connectivity index (χ3n) is 3.14. The van der Waals surface area contributed by atoms with E-state index in [9.17, 15) is 4.79 Å². The molecule has 1 rings (SSSR count). The van der Waals surface area contributed by atoms with Gasteiger partial charge >= 0.3 is 0 Å². The van der Waals surface area contributed by atoms with Gasteiger partial charge in [-0.05, 0) is 53.0 Å². The lowest BCUT2D eigenvalue weighted by atomic mass is 9.95. The Hall–Kier alpha value is -1.35. The predicted molar refractivity (Wildman–Crippen MR) is 84.7 cm³/mol. The van der Waals surface area contributed by atoms with Crippen LogP contribution in [0.3, 0.4) is 0 Å². The molecule has 1 aromatic rings. The van der Waals surface area contributed by atoms with E-state index in [2.05, 4.69) is 57.4 Å². The van der Waals surface area contributed by atoms with Crippen molar-refractivity contribution in [1.29, 1.82) is 0 Å². The maximum Gasteiger partial charge on any atom is 0.234 e. The van der Waals surface area contributed by atoms with Gasteiger partial charge < -0.3 is 10.6 Å². The second kappa shape index (κ2) is 6.89. The molecule has 0 saturated carbocycles. The largest absolute Gasteiger partial charge is 0.350 e. The summed E-state index contributed by atoms with van der Waals surface area (Å²) < 4.78 is 0. The Bertz CT molecular complexity index is 418. The third kappa shape index (κ3) is 7.29. The van der Waals surface area contributed by atoms with E-state index >= 15 is 0 Å². The summed E-state index contributed by atoms with van der Waals surface area (Å²) >= 11 is 0. The highest BCUT2D eigenvalue weighted by atomic mass is 16.2. The van der Waals surface area contributed by atoms with Crippen LogP contribution in [-0.2, 0) is 11.2 Å². The lowest BCUT2D eigenvalue weighted by Gasteiger charge is -2.28. The first kappa shape index (κ1) is 16.7. The third-order valence-corrected chi connectivity index (χ3v) is 3.14. The molecule has 0 aliphatic rings. The number of aryl methyl sites for hydroxylation is 1. The van der Waals surface area contributed by atoms with E-state index in [0.29, 0.717) is 6.54 Å². The number of hydrogen-bond donors (Lipinski definition) is 2. The summed E-state index contributed by atoms with van der Waals surface area (Å²) in [7, 11) is 0. The molecule has 1 aromatic carbocycles. The van der Waals surface area contributed by atoms with Gasteiger partial charge in [0.1, 0.15) is 0 Å². The molecule has 20 heavy (non-hydrogen) atoms. The van der Waals surface area contributed by atoms with Crippen molar-refractivity contribution in [2.75, 3.05) is 6.54 Å². The Morgan fingerprint density at radius 2 is 1.65 bits per heavy atom. The lowest BCUT2D eigenvalue weighted by molar-refractivity contribution is -0.122. The van der Waals surface area contributed by atoms with Gasteiger partial charge in [0, 0.05) is 11.1 Å². The second-order valence-electron chi connectivity index (χ2n) is 7.02. The van der Waals surface area contributed by atoms with Crippen molar-refractivity contribution in [1.82, 2.24) is 10.6 Å². The summed E-state index contributed by atoms with van der Waals surface area (Å²) in [5.74, 6) is 0.0537. The van der Waals surface area contributed by atoms with Gasteiger partial charge in [-0.1, -0.05) is 30.3 Å². The Labute approximate surface area is 123 Å². The Morgan fingerprint density at radius 1 is 1.05 bits per heavy atom. The van der Waals surface area contributed by atoms with Gasteiger partial charge in [0.15, 0.2) is 0 Å². The van der Waals surface area contributed by atoms with Gasteiger partial charge in [-0.3, -0.25) is 4.79 Å². The summed E-state index contributed by atoms with van der Waals surface area (Å²) in [6.07, 6.45) is 1.90. The van der Waals surface area contributed by atoms with Crippen molar-refractivity contribution in [2.45, 2.75) is 58.5 Å². The summed E-state index contributed by atoms with van der Waals surface area (Å²) in [4.78, 5) is 11.9. The molecule has 0 saturated heterocycles. The maximum absolute atomic E-state index is 11.9. The fourth-order valence-corrected chi connectivity index (χ4v) is 1.93. The van der Waals surface area contributed by atoms with Crippen LogP contribution in [0.15, 0.2) is 30.3 Å². The normalized spacial score (nSPS) is 12.2. The quantitative estimate of drug-likeness (QED) is 0.839. The van der Waals surface area contributed by atoms with Crippen LogP contribution in [0.4, 0.5) is 0 Å². The van der Waals surface area contributed by atoms with Crippen LogP contribution in [0.5, 0.6) is 0 Å². The first-order valence-electron chi connectivity index (χ1n) is 7.28. The number of rotatable bonds is 6. The molecule has 2 N–H and O–H groups in total. The zero-order chi connectivity index (χ0) is 15.2. The van der Waals surface area contributed by atoms with Gasteiger partial charge in [0.05, 0.1) is 6.54 Å². The van der Waals surface area contributed by atoms with E-state index in [4.69, 9.17) is 0 Å². The van der Waals surface area contributed by atoms with E-state index in [-0.39, 0.29) is 17.0 Å². The highest BCUT2D eigenvalue weighted by Gasteiger charge is 2.21. The van der Waals surface area contributed by atoms with Crippen molar-refractivity contribution in [3.05, 3.63) is 35.9 Å². The van der Waals surface area contributed by atoms with Crippen LogP contribution >= 0.6 is 0 Å². The smallest absolute Gasteiger partial charge is 0.234 e. The Balaban J connectivity index is 2.39. The molecular weight excluding hydrogens is 248 g/mol. The van der Waals surface area contributed by atoms with E-state index in [1.54, 1.807) is 0 Å². The molecule has 0 heterocycles. The van der Waals surface area contributed by atoms with Crippen LogP contribution in [-0.4, -0.2) is 23.5 Å². The first-order valence-corrected chi connectivity index (χ1v) is 7.28. The van der Waals surface area contributed by atoms with Gasteiger partial charge in [0.25, 0.3) is 0 Å². The average molecular weight is 276 g/mol. The molecule has 1 amide bonds. The summed E-state index contributed by atoms with van der Waals surface area (Å²) in [5, 5.41) is 6.30. The van der Waals surface area contributed by atoms with Gasteiger partial charge in [0.2, 0.25) is 5.91 Å². The molecule has 3 nitrogen and oxygen atoms in total. The molecule has 0 aliphatic heterocycles. The SMILES string of the molecule is CC(C)(C)NCC(=O)NC(C)(C)CCc1ccccc1. The molecule has 0 bridgehead atoms. The van der Waals surface area contributed by atoms with E-state index < -0.39 is 0 Å². The van der Waals surface area contributed by atoms with Crippen molar-refractivity contribution in [3.63, 3.8) is 0 Å². The number of nitrogens with one attached hydrogen (secondary N) is 2. The van der Waals surface area contributed by atoms with Gasteiger partial charge in [-0.25, -0.2) is 0 Å². The highest BCUT2D eigenvalue weighted by molar-refractivity contribution is 5.78. The number of amides is 1. The van der Waals surface area contributed by atoms with Crippen LogP contribution < -0.4 is 10.6 Å². The molecule has 3 heteroatoms. The minimum absolute atomic E-state index is 0.0362. The summed E-state index contributed by atoms with van der Waals surface area (Å²) in [5.41, 5.74) is 1.08. The Morgan fingerprint density at radius 3 is 2.20 bits per heavy atom. The number of benzene rings is 1. The van der Waals surface area contributed by atoms with Crippen LogP contribution in [0.25, 0.3) is 0 Å². The second-order valence-corrected chi connectivity index (χ2v) is 7.02. The molecule has 0 radical (unpaired) electrons. The Kier molecular flexibility index (Phi) is 5.75. The zero-order valence-corrected chi connectivity index (χ0v) is 13.4. The van der Waals surface area contributed by atoms with E-state index in [1.165, 1.54) is 5.56 Å². The minimum Gasteiger partial charge on any atom is -0.350 e. The lowest BCUT2D eigenvalue weighted by Crippen LogP contribution is -2.50. The average Bonchev–Trinajstić information content (AvgIpc) is 2.34. The first-order chi connectivity index (χ1) is 9.18. The molecule has 112 valence electrons. The summed E-state index contributed by atoms with van der Waals surface area (Å²) in [6.45, 7) is 10.7. The fraction of sp³-hybridized carbons (Fsp3) is 0.588. The summed E-state index contributed by atoms with van der Waals surface area (Å²) in [6, 6.07) is 10.4. The molecule has 0 aromatic heterocycles. The molecule has 0 spiro atoms. The number of carbonyl (C=O) groups excluding carboxylic acids is 1. The van der Waals surface area contributed by atoms with Crippen molar-refractivity contribution in [3.8, 4) is 0 Å². The van der Waals surface area contributed by atoms with Gasteiger partial charge in [-0.15, -0.1) is 0 Å². The van der Waals surface area contributed by atoms with Crippen molar-refractivity contribution >= 4 is 5.91 Å². The minimum atomic E-state index is -0.188. The van der Waals surface area contributed by atoms with Crippen molar-refractivity contribution < 1.29 is 4.79 Å². The van der Waals surface area contributed by atoms with Gasteiger partial charge in [-0.2, -0.15) is 0 Å². The maximum atomic E-state index is 11.9. The molecule has 0 atom stereocenters. The van der Waals surface area contributed by atoms with E-state index in [0.717, 1.165) is 12.8 Å². The fourth-order valence-electron chi connectivity index (χ4n) is 1.93. The monoisotopic (exact) mass is 276 g/mol. The van der Waals surface area contributed by atoms with Crippen LogP contribution in [0.1, 0.15) is 46.6 Å². The molecule has 0 aliphatic carbocycles.